The molecule has 28 heavy (non-hydrogen) atoms. The monoisotopic (exact) mass is 392 g/mol. The fourth-order valence-corrected chi connectivity index (χ4v) is 3.77. The number of carbonyl (C=O) groups excluding carboxylic acids is 1. The van der Waals surface area contributed by atoms with Crippen molar-refractivity contribution < 1.29 is 9.36 Å². The van der Waals surface area contributed by atoms with Crippen LogP contribution in [0.3, 0.4) is 0 Å². The molecule has 0 radical (unpaired) electrons. The van der Waals surface area contributed by atoms with Crippen molar-refractivity contribution >= 4 is 5.91 Å². The number of aromatic nitrogens is 2. The summed E-state index contributed by atoms with van der Waals surface area (Å²) in [7, 11) is 1.98. The Hall–Kier alpha value is -1.32. The highest BCUT2D eigenvalue weighted by Gasteiger charge is 2.16. The van der Waals surface area contributed by atoms with E-state index in [-0.39, 0.29) is 5.91 Å². The van der Waals surface area contributed by atoms with Crippen molar-refractivity contribution in [3.63, 3.8) is 0 Å². The molecule has 0 bridgehead atoms. The lowest BCUT2D eigenvalue weighted by molar-refractivity contribution is -0.671. The topological polar surface area (TPSA) is 37.9 Å². The van der Waals surface area contributed by atoms with Gasteiger partial charge in [0.05, 0.1) is 7.05 Å². The lowest BCUT2D eigenvalue weighted by Gasteiger charge is -2.21. The van der Waals surface area contributed by atoms with Gasteiger partial charge in [-0.3, -0.25) is 4.79 Å². The van der Waals surface area contributed by atoms with Gasteiger partial charge in [0.15, 0.2) is 6.54 Å². The van der Waals surface area contributed by atoms with Crippen LogP contribution in [0, 0.1) is 17.8 Å². The van der Waals surface area contributed by atoms with Gasteiger partial charge >= 0.3 is 0 Å². The van der Waals surface area contributed by atoms with Crippen LogP contribution in [0.4, 0.5) is 0 Å². The molecule has 0 saturated heterocycles. The fourth-order valence-electron chi connectivity index (χ4n) is 3.77. The van der Waals surface area contributed by atoms with Crippen LogP contribution in [-0.4, -0.2) is 16.5 Å². The van der Waals surface area contributed by atoms with Gasteiger partial charge in [-0.15, -0.1) is 0 Å². The molecular formula is C24H46N3O+. The van der Waals surface area contributed by atoms with Gasteiger partial charge in [-0.2, -0.15) is 0 Å². The number of carbonyl (C=O) groups is 1. The lowest BCUT2D eigenvalue weighted by atomic mass is 9.92. The SMILES string of the molecule is CC(C)CCCCC(CCC(C)CCCC(C)C)NC(=O)Cn1cc[n+](C)c1. The number of aryl methyl sites for hydroxylation is 1. The second-order valence-corrected chi connectivity index (χ2v) is 9.70. The van der Waals surface area contributed by atoms with Gasteiger partial charge in [-0.05, 0) is 37.0 Å². The Kier molecular flexibility index (Phi) is 12.2. The number of rotatable bonds is 15. The molecule has 2 unspecified atom stereocenters. The van der Waals surface area contributed by atoms with Gasteiger partial charge in [0.2, 0.25) is 6.33 Å². The Labute approximate surface area is 174 Å². The first kappa shape index (κ1) is 24.7. The molecule has 1 rings (SSSR count). The summed E-state index contributed by atoms with van der Waals surface area (Å²) in [5.41, 5.74) is 0. The van der Waals surface area contributed by atoms with Gasteiger partial charge in [0.1, 0.15) is 12.4 Å². The molecule has 4 heteroatoms. The van der Waals surface area contributed by atoms with Crippen molar-refractivity contribution in [1.82, 2.24) is 9.88 Å². The first-order valence-electron chi connectivity index (χ1n) is 11.6. The van der Waals surface area contributed by atoms with Gasteiger partial charge in [0, 0.05) is 6.04 Å². The zero-order valence-corrected chi connectivity index (χ0v) is 19.4. The van der Waals surface area contributed by atoms with Crippen LogP contribution in [0.1, 0.15) is 92.4 Å². The molecule has 0 spiro atoms. The molecule has 0 fully saturated rings. The predicted molar refractivity (Wildman–Crippen MR) is 118 cm³/mol. The maximum Gasteiger partial charge on any atom is 0.262 e. The van der Waals surface area contributed by atoms with E-state index in [1.165, 1.54) is 44.9 Å². The van der Waals surface area contributed by atoms with E-state index >= 15 is 0 Å². The largest absolute Gasteiger partial charge is 0.350 e. The maximum atomic E-state index is 12.5. The van der Waals surface area contributed by atoms with E-state index < -0.39 is 0 Å². The number of hydrogen-bond acceptors (Lipinski definition) is 1. The van der Waals surface area contributed by atoms with Crippen LogP contribution in [0.15, 0.2) is 18.7 Å². The molecule has 4 nitrogen and oxygen atoms in total. The van der Waals surface area contributed by atoms with Crippen LogP contribution in [0.5, 0.6) is 0 Å². The minimum Gasteiger partial charge on any atom is -0.350 e. The van der Waals surface area contributed by atoms with Gasteiger partial charge in [-0.1, -0.05) is 73.1 Å². The zero-order chi connectivity index (χ0) is 20.9. The quantitative estimate of drug-likeness (QED) is 0.321. The average molecular weight is 393 g/mol. The van der Waals surface area contributed by atoms with Crippen molar-refractivity contribution in [3.05, 3.63) is 18.7 Å². The number of imidazole rings is 1. The first-order valence-corrected chi connectivity index (χ1v) is 11.6. The van der Waals surface area contributed by atoms with Crippen molar-refractivity contribution in [3.8, 4) is 0 Å². The van der Waals surface area contributed by atoms with Crippen molar-refractivity contribution in [2.75, 3.05) is 0 Å². The average Bonchev–Trinajstić information content (AvgIpc) is 3.00. The lowest BCUT2D eigenvalue weighted by Crippen LogP contribution is -2.37. The third-order valence-corrected chi connectivity index (χ3v) is 5.59. The van der Waals surface area contributed by atoms with E-state index in [2.05, 4.69) is 39.9 Å². The highest BCUT2D eigenvalue weighted by molar-refractivity contribution is 5.76. The second-order valence-electron chi connectivity index (χ2n) is 9.70. The van der Waals surface area contributed by atoms with E-state index in [4.69, 9.17) is 0 Å². The van der Waals surface area contributed by atoms with Gasteiger partial charge < -0.3 is 5.32 Å². The smallest absolute Gasteiger partial charge is 0.262 e. The third kappa shape index (κ3) is 12.2. The summed E-state index contributed by atoms with van der Waals surface area (Å²) in [6, 6.07) is 0.316. The summed E-state index contributed by atoms with van der Waals surface area (Å²) >= 11 is 0. The molecule has 162 valence electrons. The fraction of sp³-hybridized carbons (Fsp3) is 0.833. The summed E-state index contributed by atoms with van der Waals surface area (Å²) in [4.78, 5) is 12.5. The van der Waals surface area contributed by atoms with E-state index in [1.54, 1.807) is 0 Å². The van der Waals surface area contributed by atoms with E-state index in [0.717, 1.165) is 30.6 Å². The summed E-state index contributed by atoms with van der Waals surface area (Å²) in [5.74, 6) is 2.45. The van der Waals surface area contributed by atoms with Crippen molar-refractivity contribution in [2.45, 2.75) is 105 Å². The Balaban J connectivity index is 2.44. The summed E-state index contributed by atoms with van der Waals surface area (Å²) in [6.45, 7) is 12.0. The molecule has 1 amide bonds. The minimum atomic E-state index is 0.137. The molecule has 1 aromatic rings. The molecule has 2 atom stereocenters. The molecule has 0 aromatic carbocycles. The second kappa shape index (κ2) is 13.8. The Bertz CT molecular complexity index is 536. The van der Waals surface area contributed by atoms with E-state index in [9.17, 15) is 4.79 Å². The van der Waals surface area contributed by atoms with Crippen LogP contribution in [-0.2, 0) is 18.4 Å². The number of amides is 1. The standard InChI is InChI=1S/C24H45N3O/c1-20(2)10-7-8-13-23(15-14-22(5)12-9-11-21(3)4)25-24(28)18-27-17-16-26(6)19-27/h16-17,19-23H,7-15,18H2,1-6H3/p+1. The minimum absolute atomic E-state index is 0.137. The highest BCUT2D eigenvalue weighted by atomic mass is 16.2. The van der Waals surface area contributed by atoms with Crippen LogP contribution < -0.4 is 9.88 Å². The number of nitrogens with one attached hydrogen (secondary N) is 1. The number of unbranched alkanes of at least 4 members (excludes halogenated alkanes) is 1. The number of hydrogen-bond donors (Lipinski definition) is 1. The first-order chi connectivity index (χ1) is 13.3. The maximum absolute atomic E-state index is 12.5. The van der Waals surface area contributed by atoms with Crippen LogP contribution in [0.2, 0.25) is 0 Å². The Morgan fingerprint density at radius 1 is 0.893 bits per heavy atom. The van der Waals surface area contributed by atoms with Crippen LogP contribution >= 0.6 is 0 Å². The van der Waals surface area contributed by atoms with Crippen LogP contribution in [0.25, 0.3) is 0 Å². The predicted octanol–water partition coefficient (Wildman–Crippen LogP) is 5.26. The van der Waals surface area contributed by atoms with Gasteiger partial charge in [0.25, 0.3) is 5.91 Å². The Morgan fingerprint density at radius 2 is 1.54 bits per heavy atom. The molecule has 0 aliphatic carbocycles. The van der Waals surface area contributed by atoms with Gasteiger partial charge in [-0.25, -0.2) is 9.13 Å². The molecule has 0 aliphatic rings. The summed E-state index contributed by atoms with van der Waals surface area (Å²) < 4.78 is 3.91. The molecule has 1 heterocycles. The summed E-state index contributed by atoms with van der Waals surface area (Å²) in [6.07, 6.45) is 17.0. The van der Waals surface area contributed by atoms with E-state index in [0.29, 0.717) is 12.6 Å². The zero-order valence-electron chi connectivity index (χ0n) is 19.4. The highest BCUT2D eigenvalue weighted by Crippen LogP contribution is 2.19. The number of nitrogens with zero attached hydrogens (tertiary/aromatic N) is 2. The third-order valence-electron chi connectivity index (χ3n) is 5.59. The summed E-state index contributed by atoms with van der Waals surface area (Å²) in [5, 5.41) is 3.32. The molecule has 1 N–H and O–H groups in total. The molecule has 0 aliphatic heterocycles. The molecule has 0 saturated carbocycles. The Morgan fingerprint density at radius 3 is 2.14 bits per heavy atom. The van der Waals surface area contributed by atoms with Crippen molar-refractivity contribution in [1.29, 1.82) is 0 Å². The molecular weight excluding hydrogens is 346 g/mol. The normalized spacial score (nSPS) is 13.9. The van der Waals surface area contributed by atoms with E-state index in [1.807, 2.05) is 34.9 Å². The van der Waals surface area contributed by atoms with Crippen molar-refractivity contribution in [2.24, 2.45) is 24.8 Å². The molecule has 1 aromatic heterocycles.